The van der Waals surface area contributed by atoms with Crippen molar-refractivity contribution in [2.45, 2.75) is 13.5 Å². The summed E-state index contributed by atoms with van der Waals surface area (Å²) in [5.74, 6) is 5.18. The molecule has 0 fully saturated rings. The monoisotopic (exact) mass is 179 g/mol. The van der Waals surface area contributed by atoms with Crippen molar-refractivity contribution < 1.29 is 4.79 Å². The lowest BCUT2D eigenvalue weighted by Gasteiger charge is -2.03. The number of benzene rings is 1. The van der Waals surface area contributed by atoms with Gasteiger partial charge in [0.15, 0.2) is 0 Å². The quantitative estimate of drug-likeness (QED) is 0.470. The molecule has 1 aromatic carbocycles. The third-order valence-electron chi connectivity index (χ3n) is 1.66. The first-order chi connectivity index (χ1) is 6.22. The lowest BCUT2D eigenvalue weighted by Crippen LogP contribution is -2.18. The fourth-order valence-electron chi connectivity index (χ4n) is 0.945. The third-order valence-corrected chi connectivity index (χ3v) is 1.66. The molecule has 0 bridgehead atoms. The minimum absolute atomic E-state index is 0.0268. The molecule has 0 atom stereocenters. The van der Waals surface area contributed by atoms with Gasteiger partial charge in [-0.25, -0.2) is 0 Å². The number of anilines is 1. The second-order valence-corrected chi connectivity index (χ2v) is 2.75. The maximum absolute atomic E-state index is 10.6. The molecule has 0 aliphatic heterocycles. The third kappa shape index (κ3) is 3.13. The highest BCUT2D eigenvalue weighted by atomic mass is 16.1. The van der Waals surface area contributed by atoms with Crippen molar-refractivity contribution in [1.82, 2.24) is 5.32 Å². The van der Waals surface area contributed by atoms with Crippen molar-refractivity contribution in [1.29, 1.82) is 0 Å². The Bertz CT molecular complexity index is 281. The van der Waals surface area contributed by atoms with E-state index in [2.05, 4.69) is 10.7 Å². The van der Waals surface area contributed by atoms with E-state index in [1.54, 1.807) is 0 Å². The summed E-state index contributed by atoms with van der Waals surface area (Å²) in [6.07, 6.45) is 0. The fourth-order valence-corrected chi connectivity index (χ4v) is 0.945. The summed E-state index contributed by atoms with van der Waals surface area (Å²) in [6.45, 7) is 2.05. The summed E-state index contributed by atoms with van der Waals surface area (Å²) in [5, 5.41) is 2.71. The van der Waals surface area contributed by atoms with Gasteiger partial charge in [-0.3, -0.25) is 10.6 Å². The Morgan fingerprint density at radius 1 is 1.38 bits per heavy atom. The highest BCUT2D eigenvalue weighted by molar-refractivity contribution is 5.72. The van der Waals surface area contributed by atoms with Crippen LogP contribution in [0.3, 0.4) is 0 Å². The summed E-state index contributed by atoms with van der Waals surface area (Å²) >= 11 is 0. The number of rotatable bonds is 3. The zero-order valence-electron chi connectivity index (χ0n) is 7.50. The average Bonchev–Trinajstić information content (AvgIpc) is 2.15. The second-order valence-electron chi connectivity index (χ2n) is 2.75. The molecular formula is C9H13N3O. The average molecular weight is 179 g/mol. The zero-order valence-corrected chi connectivity index (χ0v) is 7.50. The van der Waals surface area contributed by atoms with Gasteiger partial charge in [-0.15, -0.1) is 0 Å². The van der Waals surface area contributed by atoms with Gasteiger partial charge >= 0.3 is 0 Å². The van der Waals surface area contributed by atoms with E-state index in [1.807, 2.05) is 24.3 Å². The Morgan fingerprint density at radius 3 is 2.46 bits per heavy atom. The molecule has 0 radical (unpaired) electrons. The van der Waals surface area contributed by atoms with Crippen molar-refractivity contribution in [3.63, 3.8) is 0 Å². The van der Waals surface area contributed by atoms with E-state index >= 15 is 0 Å². The van der Waals surface area contributed by atoms with Crippen LogP contribution < -0.4 is 16.6 Å². The van der Waals surface area contributed by atoms with Crippen LogP contribution in [0.1, 0.15) is 12.5 Å². The number of hydrogen-bond donors (Lipinski definition) is 3. The van der Waals surface area contributed by atoms with Gasteiger partial charge in [-0.2, -0.15) is 0 Å². The van der Waals surface area contributed by atoms with Gasteiger partial charge in [0.25, 0.3) is 0 Å². The van der Waals surface area contributed by atoms with Gasteiger partial charge in [0.1, 0.15) is 0 Å². The molecule has 70 valence electrons. The summed E-state index contributed by atoms with van der Waals surface area (Å²) < 4.78 is 0. The normalized spacial score (nSPS) is 9.38. The Hall–Kier alpha value is -1.55. The van der Waals surface area contributed by atoms with Gasteiger partial charge in [0.05, 0.1) is 0 Å². The Balaban J connectivity index is 2.54. The smallest absolute Gasteiger partial charge is 0.217 e. The molecule has 13 heavy (non-hydrogen) atoms. The van der Waals surface area contributed by atoms with Crippen LogP contribution in [0, 0.1) is 0 Å². The Kier molecular flexibility index (Phi) is 3.28. The molecule has 0 saturated carbocycles. The molecule has 0 aliphatic rings. The predicted molar refractivity (Wildman–Crippen MR) is 51.8 cm³/mol. The highest BCUT2D eigenvalue weighted by Crippen LogP contribution is 2.07. The molecule has 4 nitrogen and oxygen atoms in total. The topological polar surface area (TPSA) is 67.2 Å². The molecule has 4 N–H and O–H groups in total. The SMILES string of the molecule is CC(=O)NCc1ccc(NN)cc1. The van der Waals surface area contributed by atoms with Crippen LogP contribution in [0.2, 0.25) is 0 Å². The van der Waals surface area contributed by atoms with Crippen LogP contribution in [0.4, 0.5) is 5.69 Å². The molecule has 0 aromatic heterocycles. The number of nitrogens with one attached hydrogen (secondary N) is 2. The van der Waals surface area contributed by atoms with E-state index in [1.165, 1.54) is 6.92 Å². The van der Waals surface area contributed by atoms with Crippen molar-refractivity contribution >= 4 is 11.6 Å². The second kappa shape index (κ2) is 4.47. The summed E-state index contributed by atoms with van der Waals surface area (Å²) in [5.41, 5.74) is 4.44. The molecule has 0 unspecified atom stereocenters. The fraction of sp³-hybridized carbons (Fsp3) is 0.222. The molecule has 0 spiro atoms. The first-order valence-corrected chi connectivity index (χ1v) is 4.02. The number of hydrazine groups is 1. The van der Waals surface area contributed by atoms with Crippen LogP contribution in [0.5, 0.6) is 0 Å². The standard InChI is InChI=1S/C9H13N3O/c1-7(13)11-6-8-2-4-9(12-10)5-3-8/h2-5,12H,6,10H2,1H3,(H,11,13). The first-order valence-electron chi connectivity index (χ1n) is 4.02. The lowest BCUT2D eigenvalue weighted by molar-refractivity contribution is -0.119. The molecule has 1 aromatic rings. The number of carbonyl (C=O) groups is 1. The van der Waals surface area contributed by atoms with Crippen LogP contribution in [0.15, 0.2) is 24.3 Å². The van der Waals surface area contributed by atoms with Gasteiger partial charge in [0.2, 0.25) is 5.91 Å². The number of carbonyl (C=O) groups excluding carboxylic acids is 1. The largest absolute Gasteiger partial charge is 0.352 e. The van der Waals surface area contributed by atoms with Crippen LogP contribution in [-0.2, 0) is 11.3 Å². The van der Waals surface area contributed by atoms with Gasteiger partial charge in [-0.05, 0) is 17.7 Å². The van der Waals surface area contributed by atoms with Crippen LogP contribution in [0.25, 0.3) is 0 Å². The number of hydrogen-bond acceptors (Lipinski definition) is 3. The molecular weight excluding hydrogens is 166 g/mol. The number of nitrogen functional groups attached to an aromatic ring is 1. The van der Waals surface area contributed by atoms with E-state index < -0.39 is 0 Å². The van der Waals surface area contributed by atoms with Gasteiger partial charge in [0, 0.05) is 19.2 Å². The van der Waals surface area contributed by atoms with E-state index in [0.717, 1.165) is 11.3 Å². The molecule has 1 rings (SSSR count). The maximum Gasteiger partial charge on any atom is 0.217 e. The summed E-state index contributed by atoms with van der Waals surface area (Å²) in [6, 6.07) is 7.53. The molecule has 0 saturated heterocycles. The van der Waals surface area contributed by atoms with Crippen molar-refractivity contribution in [3.05, 3.63) is 29.8 Å². The zero-order chi connectivity index (χ0) is 9.68. The minimum Gasteiger partial charge on any atom is -0.352 e. The van der Waals surface area contributed by atoms with E-state index in [4.69, 9.17) is 5.84 Å². The molecule has 1 amide bonds. The minimum atomic E-state index is -0.0268. The van der Waals surface area contributed by atoms with E-state index in [-0.39, 0.29) is 5.91 Å². The maximum atomic E-state index is 10.6. The number of amides is 1. The van der Waals surface area contributed by atoms with Gasteiger partial charge < -0.3 is 10.7 Å². The Labute approximate surface area is 77.1 Å². The number of nitrogens with two attached hydrogens (primary N) is 1. The van der Waals surface area contributed by atoms with Crippen molar-refractivity contribution in [3.8, 4) is 0 Å². The van der Waals surface area contributed by atoms with E-state index in [9.17, 15) is 4.79 Å². The molecule has 0 aliphatic carbocycles. The summed E-state index contributed by atoms with van der Waals surface area (Å²) in [7, 11) is 0. The van der Waals surface area contributed by atoms with Crippen molar-refractivity contribution in [2.24, 2.45) is 5.84 Å². The molecule has 4 heteroatoms. The lowest BCUT2D eigenvalue weighted by atomic mass is 10.2. The highest BCUT2D eigenvalue weighted by Gasteiger charge is 1.94. The van der Waals surface area contributed by atoms with Gasteiger partial charge in [-0.1, -0.05) is 12.1 Å². The first kappa shape index (κ1) is 9.54. The van der Waals surface area contributed by atoms with Crippen molar-refractivity contribution in [2.75, 3.05) is 5.43 Å². The Morgan fingerprint density at radius 2 is 2.00 bits per heavy atom. The van der Waals surface area contributed by atoms with Crippen LogP contribution in [-0.4, -0.2) is 5.91 Å². The summed E-state index contributed by atoms with van der Waals surface area (Å²) in [4.78, 5) is 10.6. The molecule has 0 heterocycles. The predicted octanol–water partition coefficient (Wildman–Crippen LogP) is 0.608. The van der Waals surface area contributed by atoms with E-state index in [0.29, 0.717) is 6.54 Å². The van der Waals surface area contributed by atoms with Crippen LogP contribution >= 0.6 is 0 Å².